The zero-order chi connectivity index (χ0) is 12.8. The molecule has 0 fully saturated rings. The number of nitrogens with one attached hydrogen (secondary N) is 1. The van der Waals surface area contributed by atoms with E-state index in [2.05, 4.69) is 14.9 Å². The first-order valence-corrected chi connectivity index (χ1v) is 7.06. The average molecular weight is 276 g/mol. The Morgan fingerprint density at radius 3 is 2.76 bits per heavy atom. The molecule has 0 saturated heterocycles. The first-order chi connectivity index (χ1) is 8.06. The van der Waals surface area contributed by atoms with Gasteiger partial charge in [0.1, 0.15) is 4.88 Å². The number of amides is 1. The molecule has 1 aromatic heterocycles. The van der Waals surface area contributed by atoms with Crippen LogP contribution in [0.3, 0.4) is 0 Å². The molecule has 0 aliphatic carbocycles. The molecule has 0 saturated carbocycles. The normalized spacial score (nSPS) is 12.8. The highest BCUT2D eigenvalue weighted by Gasteiger charge is 2.19. The standard InChI is InChI=1S/C11H18ClN3OS/c1-7(2)9-10(17-15-14-9)11(16)13-8(3)5-4-6-12/h7-8H,4-6H2,1-3H3,(H,13,16). The Hall–Kier alpha value is -0.680. The van der Waals surface area contributed by atoms with Crippen LogP contribution in [0.4, 0.5) is 0 Å². The van der Waals surface area contributed by atoms with Crippen LogP contribution in [0.2, 0.25) is 0 Å². The van der Waals surface area contributed by atoms with Gasteiger partial charge in [0.15, 0.2) is 0 Å². The van der Waals surface area contributed by atoms with Gasteiger partial charge in [-0.05, 0) is 37.2 Å². The summed E-state index contributed by atoms with van der Waals surface area (Å²) < 4.78 is 3.84. The summed E-state index contributed by atoms with van der Waals surface area (Å²) in [6, 6.07) is 0.128. The van der Waals surface area contributed by atoms with Gasteiger partial charge in [-0.1, -0.05) is 18.3 Å². The SMILES string of the molecule is CC(CCCCl)NC(=O)c1snnc1C(C)C. The van der Waals surface area contributed by atoms with E-state index < -0.39 is 0 Å². The van der Waals surface area contributed by atoms with Crippen LogP contribution in [0.15, 0.2) is 0 Å². The van der Waals surface area contributed by atoms with E-state index >= 15 is 0 Å². The number of hydrogen-bond acceptors (Lipinski definition) is 4. The van der Waals surface area contributed by atoms with Crippen molar-refractivity contribution in [3.63, 3.8) is 0 Å². The molecule has 1 N–H and O–H groups in total. The number of halogens is 1. The summed E-state index contributed by atoms with van der Waals surface area (Å²) in [6.07, 6.45) is 1.79. The molecule has 0 radical (unpaired) electrons. The van der Waals surface area contributed by atoms with Gasteiger partial charge in [0, 0.05) is 11.9 Å². The van der Waals surface area contributed by atoms with Crippen molar-refractivity contribution in [1.82, 2.24) is 14.9 Å². The minimum atomic E-state index is -0.0780. The topological polar surface area (TPSA) is 54.9 Å². The molecule has 1 unspecified atom stereocenters. The first-order valence-electron chi connectivity index (χ1n) is 5.75. The quantitative estimate of drug-likeness (QED) is 0.812. The van der Waals surface area contributed by atoms with Crippen molar-refractivity contribution in [3.05, 3.63) is 10.6 Å². The summed E-state index contributed by atoms with van der Waals surface area (Å²) in [6.45, 7) is 5.99. The third-order valence-electron chi connectivity index (χ3n) is 2.41. The fourth-order valence-electron chi connectivity index (χ4n) is 1.48. The molecule has 0 aliphatic heterocycles. The third-order valence-corrected chi connectivity index (χ3v) is 3.42. The lowest BCUT2D eigenvalue weighted by atomic mass is 10.1. The Kier molecular flexibility index (Phi) is 5.85. The van der Waals surface area contributed by atoms with Crippen LogP contribution in [0.25, 0.3) is 0 Å². The summed E-state index contributed by atoms with van der Waals surface area (Å²) in [5, 5.41) is 6.94. The number of nitrogens with zero attached hydrogens (tertiary/aromatic N) is 2. The van der Waals surface area contributed by atoms with Crippen molar-refractivity contribution in [3.8, 4) is 0 Å². The third kappa shape index (κ3) is 4.24. The summed E-state index contributed by atoms with van der Waals surface area (Å²) in [5.41, 5.74) is 0.775. The van der Waals surface area contributed by atoms with Crippen molar-refractivity contribution in [1.29, 1.82) is 0 Å². The van der Waals surface area contributed by atoms with Gasteiger partial charge in [-0.3, -0.25) is 4.79 Å². The van der Waals surface area contributed by atoms with Gasteiger partial charge in [-0.25, -0.2) is 0 Å². The second kappa shape index (κ2) is 6.91. The van der Waals surface area contributed by atoms with Crippen LogP contribution < -0.4 is 5.32 Å². The first kappa shape index (κ1) is 14.4. The molecule has 1 aromatic rings. The largest absolute Gasteiger partial charge is 0.349 e. The molecule has 1 amide bonds. The van der Waals surface area contributed by atoms with Crippen LogP contribution >= 0.6 is 23.1 Å². The Balaban J connectivity index is 2.60. The Labute approximate surface area is 111 Å². The van der Waals surface area contributed by atoms with Crippen LogP contribution in [0.5, 0.6) is 0 Å². The molecular weight excluding hydrogens is 258 g/mol. The molecule has 1 heterocycles. The summed E-state index contributed by atoms with van der Waals surface area (Å²) in [4.78, 5) is 12.6. The van der Waals surface area contributed by atoms with Gasteiger partial charge in [0.25, 0.3) is 5.91 Å². The molecule has 0 aliphatic rings. The highest BCUT2D eigenvalue weighted by Crippen LogP contribution is 2.19. The number of hydrogen-bond donors (Lipinski definition) is 1. The molecule has 0 aromatic carbocycles. The predicted octanol–water partition coefficient (Wildman–Crippen LogP) is 2.80. The van der Waals surface area contributed by atoms with E-state index in [0.717, 1.165) is 30.1 Å². The van der Waals surface area contributed by atoms with Gasteiger partial charge in [0.05, 0.1) is 5.69 Å². The molecule has 96 valence electrons. The maximum absolute atomic E-state index is 12.0. The lowest BCUT2D eigenvalue weighted by Crippen LogP contribution is -2.32. The smallest absolute Gasteiger partial charge is 0.265 e. The van der Waals surface area contributed by atoms with Crippen molar-refractivity contribution >= 4 is 29.0 Å². The van der Waals surface area contributed by atoms with Gasteiger partial charge in [-0.15, -0.1) is 16.7 Å². The fraction of sp³-hybridized carbons (Fsp3) is 0.727. The van der Waals surface area contributed by atoms with Crippen molar-refractivity contribution in [2.45, 2.75) is 45.6 Å². The van der Waals surface area contributed by atoms with E-state index in [0.29, 0.717) is 10.8 Å². The molecule has 0 bridgehead atoms. The number of aromatic nitrogens is 2. The highest BCUT2D eigenvalue weighted by molar-refractivity contribution is 7.08. The van der Waals surface area contributed by atoms with Gasteiger partial charge in [0.2, 0.25) is 0 Å². The Morgan fingerprint density at radius 2 is 2.18 bits per heavy atom. The molecule has 1 rings (SSSR count). The molecule has 6 heteroatoms. The second-order valence-corrected chi connectivity index (χ2v) is 5.48. The van der Waals surface area contributed by atoms with E-state index in [1.54, 1.807) is 0 Å². The molecule has 4 nitrogen and oxygen atoms in total. The fourth-order valence-corrected chi connectivity index (χ4v) is 2.35. The summed E-state index contributed by atoms with van der Waals surface area (Å²) in [7, 11) is 0. The zero-order valence-corrected chi connectivity index (χ0v) is 11.9. The van der Waals surface area contributed by atoms with E-state index in [4.69, 9.17) is 11.6 Å². The molecule has 0 spiro atoms. The summed E-state index contributed by atoms with van der Waals surface area (Å²) >= 11 is 6.77. The van der Waals surface area contributed by atoms with Crippen LogP contribution in [0, 0.1) is 0 Å². The van der Waals surface area contributed by atoms with Crippen LogP contribution in [-0.4, -0.2) is 27.4 Å². The van der Waals surface area contributed by atoms with Crippen LogP contribution in [-0.2, 0) is 0 Å². The van der Waals surface area contributed by atoms with E-state index in [-0.39, 0.29) is 17.9 Å². The predicted molar refractivity (Wildman–Crippen MR) is 70.9 cm³/mol. The number of rotatable bonds is 6. The van der Waals surface area contributed by atoms with E-state index in [1.807, 2.05) is 20.8 Å². The van der Waals surface area contributed by atoms with Crippen molar-refractivity contribution in [2.75, 3.05) is 5.88 Å². The average Bonchev–Trinajstić information content (AvgIpc) is 2.75. The molecular formula is C11H18ClN3OS. The van der Waals surface area contributed by atoms with Crippen LogP contribution in [0.1, 0.15) is 54.9 Å². The lowest BCUT2D eigenvalue weighted by molar-refractivity contribution is 0.0941. The molecule has 17 heavy (non-hydrogen) atoms. The maximum atomic E-state index is 12.0. The van der Waals surface area contributed by atoms with Gasteiger partial charge < -0.3 is 5.32 Å². The van der Waals surface area contributed by atoms with Crippen molar-refractivity contribution in [2.24, 2.45) is 0 Å². The number of alkyl halides is 1. The van der Waals surface area contributed by atoms with Gasteiger partial charge in [-0.2, -0.15) is 0 Å². The Bertz CT molecular complexity index is 367. The molecule has 1 atom stereocenters. The van der Waals surface area contributed by atoms with Crippen molar-refractivity contribution < 1.29 is 4.79 Å². The Morgan fingerprint density at radius 1 is 1.47 bits per heavy atom. The van der Waals surface area contributed by atoms with E-state index in [9.17, 15) is 4.79 Å². The summed E-state index contributed by atoms with van der Waals surface area (Å²) in [5.74, 6) is 0.762. The highest BCUT2D eigenvalue weighted by atomic mass is 35.5. The minimum Gasteiger partial charge on any atom is -0.349 e. The maximum Gasteiger partial charge on any atom is 0.265 e. The monoisotopic (exact) mass is 275 g/mol. The van der Waals surface area contributed by atoms with E-state index in [1.165, 1.54) is 0 Å². The second-order valence-electron chi connectivity index (χ2n) is 4.35. The number of carbonyl (C=O) groups is 1. The zero-order valence-electron chi connectivity index (χ0n) is 10.4. The number of carbonyl (C=O) groups excluding carboxylic acids is 1. The lowest BCUT2D eigenvalue weighted by Gasteiger charge is -2.12. The van der Waals surface area contributed by atoms with Gasteiger partial charge >= 0.3 is 0 Å². The minimum absolute atomic E-state index is 0.0780.